The first-order valence-electron chi connectivity index (χ1n) is 8.60. The van der Waals surface area contributed by atoms with Gasteiger partial charge in [-0.2, -0.15) is 0 Å². The number of nitrogens with zero attached hydrogens (tertiary/aromatic N) is 4. The van der Waals surface area contributed by atoms with E-state index < -0.39 is 0 Å². The third-order valence-corrected chi connectivity index (χ3v) is 5.08. The summed E-state index contributed by atoms with van der Waals surface area (Å²) in [5.74, 6) is 1.61. The minimum atomic E-state index is 0.616. The van der Waals surface area contributed by atoms with Gasteiger partial charge in [0.2, 0.25) is 5.88 Å². The summed E-state index contributed by atoms with van der Waals surface area (Å²) in [6.07, 6.45) is 1.82. The largest absolute Gasteiger partial charge is 0.481 e. The Morgan fingerprint density at radius 1 is 1.28 bits per heavy atom. The van der Waals surface area contributed by atoms with E-state index in [1.807, 2.05) is 18.3 Å². The molecule has 1 saturated heterocycles. The van der Waals surface area contributed by atoms with Crippen molar-refractivity contribution in [3.8, 4) is 5.88 Å². The molecule has 1 aliphatic rings. The summed E-state index contributed by atoms with van der Waals surface area (Å²) in [5.41, 5.74) is 1.08. The number of hydrogen-bond donors (Lipinski definition) is 1. The highest BCUT2D eigenvalue weighted by atomic mass is 32.1. The van der Waals surface area contributed by atoms with Crippen molar-refractivity contribution < 1.29 is 4.74 Å². The number of nitrogens with one attached hydrogen (secondary N) is 1. The number of methoxy groups -OCH3 is 1. The van der Waals surface area contributed by atoms with E-state index in [2.05, 4.69) is 44.5 Å². The minimum absolute atomic E-state index is 0.616. The zero-order valence-corrected chi connectivity index (χ0v) is 15.6. The minimum Gasteiger partial charge on any atom is -0.481 e. The first kappa shape index (κ1) is 17.5. The van der Waals surface area contributed by atoms with E-state index in [0.29, 0.717) is 12.4 Å². The van der Waals surface area contributed by atoms with Gasteiger partial charge in [-0.15, -0.1) is 11.3 Å². The third kappa shape index (κ3) is 4.63. The van der Waals surface area contributed by atoms with Crippen LogP contribution < -0.4 is 15.0 Å². The predicted octanol–water partition coefficient (Wildman–Crippen LogP) is 2.44. The SMILES string of the molecule is CCNC(=NCc1ccc(OC)nc1)N1CCN(c2cccs2)CC1. The lowest BCUT2D eigenvalue weighted by Crippen LogP contribution is -2.52. The van der Waals surface area contributed by atoms with Crippen LogP contribution in [0.15, 0.2) is 40.8 Å². The fourth-order valence-corrected chi connectivity index (χ4v) is 3.59. The highest BCUT2D eigenvalue weighted by Gasteiger charge is 2.20. The van der Waals surface area contributed by atoms with Crippen LogP contribution in [0.2, 0.25) is 0 Å². The van der Waals surface area contributed by atoms with Gasteiger partial charge in [0, 0.05) is 45.0 Å². The van der Waals surface area contributed by atoms with E-state index in [9.17, 15) is 0 Å². The lowest BCUT2D eigenvalue weighted by atomic mass is 10.3. The summed E-state index contributed by atoms with van der Waals surface area (Å²) >= 11 is 1.80. The molecule has 0 radical (unpaired) electrons. The standard InChI is InChI=1S/C18H25N5OS/c1-3-19-18(21-14-15-6-7-16(24-2)20-13-15)23-10-8-22(9-11-23)17-5-4-12-25-17/h4-7,12-13H,3,8-11,14H2,1-2H3,(H,19,21). The van der Waals surface area contributed by atoms with E-state index in [1.54, 1.807) is 18.4 Å². The zero-order valence-electron chi connectivity index (χ0n) is 14.8. The van der Waals surface area contributed by atoms with Gasteiger partial charge >= 0.3 is 0 Å². The maximum absolute atomic E-state index is 5.10. The number of rotatable bonds is 5. The molecule has 1 aliphatic heterocycles. The van der Waals surface area contributed by atoms with Crippen LogP contribution in [0.1, 0.15) is 12.5 Å². The Morgan fingerprint density at radius 3 is 2.72 bits per heavy atom. The molecule has 0 amide bonds. The molecule has 0 spiro atoms. The van der Waals surface area contributed by atoms with Gasteiger partial charge < -0.3 is 19.9 Å². The maximum Gasteiger partial charge on any atom is 0.212 e. The number of aromatic nitrogens is 1. The molecular formula is C18H25N5OS. The first-order valence-corrected chi connectivity index (χ1v) is 9.48. The van der Waals surface area contributed by atoms with Crippen LogP contribution >= 0.6 is 11.3 Å². The second-order valence-corrected chi connectivity index (χ2v) is 6.73. The summed E-state index contributed by atoms with van der Waals surface area (Å²) < 4.78 is 5.10. The van der Waals surface area contributed by atoms with Gasteiger partial charge in [-0.05, 0) is 30.0 Å². The van der Waals surface area contributed by atoms with Crippen molar-refractivity contribution in [2.75, 3.05) is 44.7 Å². The van der Waals surface area contributed by atoms with Crippen molar-refractivity contribution in [1.29, 1.82) is 0 Å². The van der Waals surface area contributed by atoms with Gasteiger partial charge in [0.25, 0.3) is 0 Å². The highest BCUT2D eigenvalue weighted by Crippen LogP contribution is 2.22. The van der Waals surface area contributed by atoms with Gasteiger partial charge in [0.1, 0.15) is 0 Å². The molecule has 3 heterocycles. The molecule has 0 aromatic carbocycles. The van der Waals surface area contributed by atoms with E-state index in [-0.39, 0.29) is 0 Å². The van der Waals surface area contributed by atoms with Gasteiger partial charge in [-0.1, -0.05) is 6.07 Å². The number of aliphatic imine (C=N–C) groups is 1. The monoisotopic (exact) mass is 359 g/mol. The molecule has 3 rings (SSSR count). The summed E-state index contributed by atoms with van der Waals surface area (Å²) in [6, 6.07) is 8.18. The van der Waals surface area contributed by atoms with E-state index in [4.69, 9.17) is 9.73 Å². The number of ether oxygens (including phenoxy) is 1. The van der Waals surface area contributed by atoms with Crippen LogP contribution in [0.25, 0.3) is 0 Å². The summed E-state index contributed by atoms with van der Waals surface area (Å²) in [5, 5.41) is 6.90. The molecule has 2 aromatic heterocycles. The Bertz CT molecular complexity index is 663. The Labute approximate surface area is 153 Å². The van der Waals surface area contributed by atoms with E-state index in [1.165, 1.54) is 5.00 Å². The Hall–Kier alpha value is -2.28. The van der Waals surface area contributed by atoms with E-state index in [0.717, 1.165) is 44.2 Å². The van der Waals surface area contributed by atoms with Gasteiger partial charge in [0.15, 0.2) is 5.96 Å². The molecule has 0 saturated carbocycles. The van der Waals surface area contributed by atoms with Gasteiger partial charge in [-0.3, -0.25) is 0 Å². The summed E-state index contributed by atoms with van der Waals surface area (Å²) in [4.78, 5) is 13.8. The molecule has 0 bridgehead atoms. The van der Waals surface area contributed by atoms with Crippen LogP contribution in [0, 0.1) is 0 Å². The average Bonchev–Trinajstić information content (AvgIpc) is 3.20. The highest BCUT2D eigenvalue weighted by molar-refractivity contribution is 7.14. The maximum atomic E-state index is 5.10. The predicted molar refractivity (Wildman–Crippen MR) is 104 cm³/mol. The van der Waals surface area contributed by atoms with Crippen LogP contribution in [-0.2, 0) is 6.54 Å². The smallest absolute Gasteiger partial charge is 0.212 e. The van der Waals surface area contributed by atoms with Crippen molar-refractivity contribution in [3.63, 3.8) is 0 Å². The van der Waals surface area contributed by atoms with Crippen LogP contribution in [0.3, 0.4) is 0 Å². The van der Waals surface area contributed by atoms with Crippen molar-refractivity contribution in [3.05, 3.63) is 41.4 Å². The molecule has 6 nitrogen and oxygen atoms in total. The summed E-state index contributed by atoms with van der Waals surface area (Å²) in [6.45, 7) is 7.58. The fraction of sp³-hybridized carbons (Fsp3) is 0.444. The number of pyridine rings is 1. The Kier molecular flexibility index (Phi) is 6.11. The van der Waals surface area contributed by atoms with Crippen molar-refractivity contribution in [1.82, 2.24) is 15.2 Å². The second kappa shape index (κ2) is 8.71. The van der Waals surface area contributed by atoms with Gasteiger partial charge in [-0.25, -0.2) is 9.98 Å². The topological polar surface area (TPSA) is 53.0 Å². The summed E-state index contributed by atoms with van der Waals surface area (Å²) in [7, 11) is 1.62. The molecule has 1 fully saturated rings. The van der Waals surface area contributed by atoms with E-state index >= 15 is 0 Å². The van der Waals surface area contributed by atoms with Crippen LogP contribution in [0.5, 0.6) is 5.88 Å². The number of hydrogen-bond acceptors (Lipinski definition) is 5. The molecular weight excluding hydrogens is 334 g/mol. The first-order chi connectivity index (χ1) is 12.3. The Morgan fingerprint density at radius 2 is 2.12 bits per heavy atom. The molecule has 7 heteroatoms. The van der Waals surface area contributed by atoms with Crippen molar-refractivity contribution in [2.45, 2.75) is 13.5 Å². The molecule has 25 heavy (non-hydrogen) atoms. The molecule has 0 aliphatic carbocycles. The lowest BCUT2D eigenvalue weighted by Gasteiger charge is -2.37. The average molecular weight is 359 g/mol. The third-order valence-electron chi connectivity index (χ3n) is 4.15. The number of anilines is 1. The van der Waals surface area contributed by atoms with Gasteiger partial charge in [0.05, 0.1) is 18.7 Å². The zero-order chi connectivity index (χ0) is 17.5. The molecule has 134 valence electrons. The molecule has 0 atom stereocenters. The molecule has 1 N–H and O–H groups in total. The van der Waals surface area contributed by atoms with Crippen LogP contribution in [-0.4, -0.2) is 55.7 Å². The fourth-order valence-electron chi connectivity index (χ4n) is 2.81. The lowest BCUT2D eigenvalue weighted by molar-refractivity contribution is 0.373. The number of thiophene rings is 1. The number of piperazine rings is 1. The van der Waals surface area contributed by atoms with Crippen LogP contribution in [0.4, 0.5) is 5.00 Å². The molecule has 2 aromatic rings. The quantitative estimate of drug-likeness (QED) is 0.656. The second-order valence-electron chi connectivity index (χ2n) is 5.80. The normalized spacial score (nSPS) is 15.4. The molecule has 0 unspecified atom stereocenters. The number of guanidine groups is 1. The van der Waals surface area contributed by atoms with Crippen molar-refractivity contribution in [2.24, 2.45) is 4.99 Å². The Balaban J connectivity index is 1.60. The van der Waals surface area contributed by atoms with Crippen molar-refractivity contribution >= 4 is 22.3 Å².